The molecule has 57 heavy (non-hydrogen) atoms. The van der Waals surface area contributed by atoms with Gasteiger partial charge in [-0.1, -0.05) is 96.5 Å². The number of thiophene rings is 3. The molecule has 0 bridgehead atoms. The van der Waals surface area contributed by atoms with Crippen LogP contribution in [0.25, 0.3) is 93.5 Å². The fourth-order valence-electron chi connectivity index (χ4n) is 10.1. The van der Waals surface area contributed by atoms with Crippen molar-refractivity contribution in [3.63, 3.8) is 0 Å². The Morgan fingerprint density at radius 1 is 0.351 bits per heavy atom. The van der Waals surface area contributed by atoms with Gasteiger partial charge in [0, 0.05) is 77.6 Å². The minimum Gasteiger partial charge on any atom is -0.311 e. The lowest BCUT2D eigenvalue weighted by atomic mass is 9.37. The molecule has 0 aliphatic carbocycles. The highest BCUT2D eigenvalue weighted by Gasteiger charge is 2.43. The van der Waals surface area contributed by atoms with Gasteiger partial charge in [0.15, 0.2) is 0 Å². The molecule has 1 nitrogen and oxygen atoms in total. The molecular formula is C52H28BNS3. The number of hydrogen-bond acceptors (Lipinski definition) is 4. The molecule has 262 valence electrons. The van der Waals surface area contributed by atoms with Crippen molar-refractivity contribution in [1.29, 1.82) is 0 Å². The van der Waals surface area contributed by atoms with E-state index in [0.29, 0.717) is 0 Å². The predicted molar refractivity (Wildman–Crippen MR) is 253 cm³/mol. The van der Waals surface area contributed by atoms with Crippen LogP contribution in [0.5, 0.6) is 0 Å². The quantitative estimate of drug-likeness (QED) is 0.158. The highest BCUT2D eigenvalue weighted by Crippen LogP contribution is 2.48. The molecule has 9 aromatic carbocycles. The Morgan fingerprint density at radius 3 is 1.68 bits per heavy atom. The lowest BCUT2D eigenvalue weighted by Crippen LogP contribution is -2.54. The maximum atomic E-state index is 2.61. The summed E-state index contributed by atoms with van der Waals surface area (Å²) in [7, 11) is 0. The Bertz CT molecular complexity index is 3740. The summed E-state index contributed by atoms with van der Waals surface area (Å²) in [5, 5.41) is 10.5. The number of hydrogen-bond donors (Lipinski definition) is 0. The van der Waals surface area contributed by atoms with Crippen LogP contribution in [0.3, 0.4) is 0 Å². The largest absolute Gasteiger partial charge is 0.311 e. The van der Waals surface area contributed by atoms with Gasteiger partial charge >= 0.3 is 0 Å². The van der Waals surface area contributed by atoms with Gasteiger partial charge in [-0.15, -0.1) is 34.0 Å². The van der Waals surface area contributed by atoms with E-state index in [1.165, 1.54) is 127 Å². The number of anilines is 3. The highest BCUT2D eigenvalue weighted by atomic mass is 32.1. The van der Waals surface area contributed by atoms with Crippen molar-refractivity contribution in [2.45, 2.75) is 0 Å². The minimum absolute atomic E-state index is 0.122. The normalized spacial score (nSPS) is 13.2. The van der Waals surface area contributed by atoms with Gasteiger partial charge in [0.1, 0.15) is 0 Å². The van der Waals surface area contributed by atoms with Crippen LogP contribution in [0.2, 0.25) is 0 Å². The van der Waals surface area contributed by atoms with Crippen LogP contribution in [0.1, 0.15) is 0 Å². The smallest absolute Gasteiger partial charge is 0.248 e. The van der Waals surface area contributed by atoms with E-state index in [1.807, 2.05) is 34.0 Å². The molecule has 2 aliphatic rings. The maximum absolute atomic E-state index is 2.61. The molecule has 2 aliphatic heterocycles. The second-order valence-electron chi connectivity index (χ2n) is 15.6. The van der Waals surface area contributed by atoms with Crippen LogP contribution in [0, 0.1) is 0 Å². The minimum atomic E-state index is 0.122. The molecule has 12 aromatic rings. The van der Waals surface area contributed by atoms with E-state index in [-0.39, 0.29) is 6.71 Å². The average Bonchev–Trinajstić information content (AvgIpc) is 4.01. The lowest BCUT2D eigenvalue weighted by molar-refractivity contribution is 1.31. The first kappa shape index (κ1) is 30.9. The first-order chi connectivity index (χ1) is 28.2. The van der Waals surface area contributed by atoms with E-state index in [0.717, 1.165) is 0 Å². The van der Waals surface area contributed by atoms with Crippen molar-refractivity contribution in [3.8, 4) is 22.3 Å². The summed E-state index contributed by atoms with van der Waals surface area (Å²) in [4.78, 5) is 2.61. The predicted octanol–water partition coefficient (Wildman–Crippen LogP) is 13.9. The van der Waals surface area contributed by atoms with Crippen molar-refractivity contribution in [2.75, 3.05) is 4.90 Å². The molecule has 0 atom stereocenters. The van der Waals surface area contributed by atoms with E-state index < -0.39 is 0 Å². The number of rotatable bonds is 2. The Kier molecular flexibility index (Phi) is 6.08. The summed E-state index contributed by atoms with van der Waals surface area (Å²) in [5.41, 5.74) is 13.2. The second kappa shape index (κ2) is 11.2. The molecule has 0 saturated carbocycles. The van der Waals surface area contributed by atoms with Crippen LogP contribution in [0.15, 0.2) is 170 Å². The van der Waals surface area contributed by atoms with Gasteiger partial charge in [0.25, 0.3) is 0 Å². The molecule has 0 unspecified atom stereocenters. The van der Waals surface area contributed by atoms with E-state index in [4.69, 9.17) is 0 Å². The van der Waals surface area contributed by atoms with E-state index >= 15 is 0 Å². The fraction of sp³-hybridized carbons (Fsp3) is 0. The maximum Gasteiger partial charge on any atom is 0.248 e. The Hall–Kier alpha value is -6.24. The topological polar surface area (TPSA) is 3.24 Å². The average molecular weight is 774 g/mol. The van der Waals surface area contributed by atoms with E-state index in [1.54, 1.807) is 0 Å². The third kappa shape index (κ3) is 4.23. The van der Waals surface area contributed by atoms with Crippen LogP contribution in [-0.2, 0) is 0 Å². The van der Waals surface area contributed by atoms with Crippen molar-refractivity contribution in [3.05, 3.63) is 170 Å². The standard InChI is InChI=1S/C52H28BNS3/c1-2-10-30-21-31(18-17-29(30)9-1)32-22-41-37-25-39-35-12-4-7-15-47(35)56-50(39)27-42(37)53-43-28-51-40(36-13-5-8-16-48(36)57-51)26-44(43)54(45(23-32)52(41)53)33-19-20-49-38(24-33)34-11-3-6-14-46(34)55-49/h1-28H. The Morgan fingerprint density at radius 2 is 0.947 bits per heavy atom. The molecule has 0 fully saturated rings. The summed E-state index contributed by atoms with van der Waals surface area (Å²) >= 11 is 5.73. The van der Waals surface area contributed by atoms with Crippen molar-refractivity contribution >= 4 is 145 Å². The molecule has 0 saturated heterocycles. The van der Waals surface area contributed by atoms with E-state index in [2.05, 4.69) is 175 Å². The monoisotopic (exact) mass is 773 g/mol. The second-order valence-corrected chi connectivity index (χ2v) is 18.9. The number of benzene rings is 9. The van der Waals surface area contributed by atoms with E-state index in [9.17, 15) is 0 Å². The van der Waals surface area contributed by atoms with Crippen LogP contribution >= 0.6 is 34.0 Å². The third-order valence-corrected chi connectivity index (χ3v) is 16.0. The van der Waals surface area contributed by atoms with Gasteiger partial charge in [-0.3, -0.25) is 0 Å². The van der Waals surface area contributed by atoms with Gasteiger partial charge < -0.3 is 4.90 Å². The first-order valence-corrected chi connectivity index (χ1v) is 22.0. The Labute approximate surface area is 340 Å². The lowest BCUT2D eigenvalue weighted by Gasteiger charge is -2.36. The number of fused-ring (bicyclic) bond motifs is 15. The third-order valence-electron chi connectivity index (χ3n) is 12.6. The molecule has 0 radical (unpaired) electrons. The van der Waals surface area contributed by atoms with Crippen LogP contribution in [0.4, 0.5) is 17.1 Å². The van der Waals surface area contributed by atoms with Gasteiger partial charge in [0.2, 0.25) is 6.71 Å². The van der Waals surface area contributed by atoms with Crippen molar-refractivity contribution in [2.24, 2.45) is 0 Å². The molecule has 0 N–H and O–H groups in total. The van der Waals surface area contributed by atoms with Gasteiger partial charge in [-0.25, -0.2) is 0 Å². The zero-order chi connectivity index (χ0) is 36.9. The molecule has 5 heterocycles. The summed E-state index contributed by atoms with van der Waals surface area (Å²) < 4.78 is 8.05. The highest BCUT2D eigenvalue weighted by molar-refractivity contribution is 7.27. The summed E-state index contributed by atoms with van der Waals surface area (Å²) in [6.45, 7) is 0.122. The number of nitrogens with zero attached hydrogens (tertiary/aromatic N) is 1. The first-order valence-electron chi connectivity index (χ1n) is 19.5. The van der Waals surface area contributed by atoms with Crippen molar-refractivity contribution in [1.82, 2.24) is 0 Å². The summed E-state index contributed by atoms with van der Waals surface area (Å²) in [5.74, 6) is 0. The van der Waals surface area contributed by atoms with Crippen LogP contribution < -0.4 is 21.3 Å². The molecule has 3 aromatic heterocycles. The summed E-state index contributed by atoms with van der Waals surface area (Å²) in [6.07, 6.45) is 0. The Balaban J connectivity index is 1.12. The fourth-order valence-corrected chi connectivity index (χ4v) is 13.4. The zero-order valence-corrected chi connectivity index (χ0v) is 32.9. The summed E-state index contributed by atoms with van der Waals surface area (Å²) in [6, 6.07) is 64.7. The zero-order valence-electron chi connectivity index (χ0n) is 30.4. The van der Waals surface area contributed by atoms with Gasteiger partial charge in [-0.2, -0.15) is 0 Å². The molecule has 14 rings (SSSR count). The van der Waals surface area contributed by atoms with Gasteiger partial charge in [-0.05, 0) is 123 Å². The van der Waals surface area contributed by atoms with Crippen molar-refractivity contribution < 1.29 is 0 Å². The molecular weight excluding hydrogens is 746 g/mol. The van der Waals surface area contributed by atoms with Gasteiger partial charge in [0.05, 0.1) is 0 Å². The molecule has 0 spiro atoms. The van der Waals surface area contributed by atoms with Crippen LogP contribution in [-0.4, -0.2) is 6.71 Å². The molecule has 5 heteroatoms. The SMILES string of the molecule is c1ccc2cc(-c3cc4c5c(c3)N(c3ccc6sc7ccccc7c6c3)c3cc6c(cc3B5c3cc5sc7ccccc7c5cc3-4)sc3ccccc36)ccc2c1. The molecule has 0 amide bonds.